The summed E-state index contributed by atoms with van der Waals surface area (Å²) in [5.74, 6) is 0.888. The summed E-state index contributed by atoms with van der Waals surface area (Å²) in [5.41, 5.74) is 2.63. The average Bonchev–Trinajstić information content (AvgIpc) is 3.10. The molecule has 0 radical (unpaired) electrons. The Labute approximate surface area is 127 Å². The number of likely N-dealkylation sites (tertiary alicyclic amines) is 1. The van der Waals surface area contributed by atoms with Gasteiger partial charge in [-0.2, -0.15) is 0 Å². The molecule has 4 atom stereocenters. The Balaban J connectivity index is 1.66. The zero-order valence-corrected chi connectivity index (χ0v) is 13.0. The molecule has 1 aromatic rings. The van der Waals surface area contributed by atoms with Crippen LogP contribution < -0.4 is 0 Å². The van der Waals surface area contributed by atoms with Crippen molar-refractivity contribution in [1.82, 2.24) is 4.90 Å². The highest BCUT2D eigenvalue weighted by molar-refractivity contribution is 5.83. The highest BCUT2D eigenvalue weighted by Crippen LogP contribution is 2.50. The lowest BCUT2D eigenvalue weighted by Gasteiger charge is -2.26. The Morgan fingerprint density at radius 3 is 2.90 bits per heavy atom. The van der Waals surface area contributed by atoms with Gasteiger partial charge >= 0.3 is 0 Å². The maximum Gasteiger partial charge on any atom is 0.226 e. The predicted molar refractivity (Wildman–Crippen MR) is 83.1 cm³/mol. The van der Waals surface area contributed by atoms with Gasteiger partial charge in [0.15, 0.2) is 0 Å². The van der Waals surface area contributed by atoms with Gasteiger partial charge in [0.25, 0.3) is 0 Å². The van der Waals surface area contributed by atoms with Crippen molar-refractivity contribution in [3.8, 4) is 0 Å². The van der Waals surface area contributed by atoms with Gasteiger partial charge in [0, 0.05) is 18.5 Å². The van der Waals surface area contributed by atoms with Crippen LogP contribution in [0, 0.1) is 12.8 Å². The van der Waals surface area contributed by atoms with E-state index in [1.807, 2.05) is 11.8 Å². The van der Waals surface area contributed by atoms with E-state index in [2.05, 4.69) is 31.2 Å². The van der Waals surface area contributed by atoms with Gasteiger partial charge in [-0.05, 0) is 56.6 Å². The second-order valence-corrected chi connectivity index (χ2v) is 6.72. The van der Waals surface area contributed by atoms with E-state index >= 15 is 0 Å². The number of amides is 1. The second kappa shape index (κ2) is 5.80. The highest BCUT2D eigenvalue weighted by atomic mass is 16.3. The molecule has 2 aliphatic rings. The van der Waals surface area contributed by atoms with Crippen molar-refractivity contribution in [2.24, 2.45) is 5.92 Å². The van der Waals surface area contributed by atoms with E-state index in [9.17, 15) is 9.90 Å². The Bertz CT molecular complexity index is 526. The molecule has 3 heteroatoms. The van der Waals surface area contributed by atoms with Crippen molar-refractivity contribution in [2.45, 2.75) is 57.6 Å². The van der Waals surface area contributed by atoms with Crippen LogP contribution in [0.3, 0.4) is 0 Å². The number of rotatable bonds is 4. The minimum absolute atomic E-state index is 0.167. The number of nitrogens with zero attached hydrogens (tertiary/aromatic N) is 1. The van der Waals surface area contributed by atoms with Crippen LogP contribution >= 0.6 is 0 Å². The molecular formula is C18H25NO2. The first-order valence-corrected chi connectivity index (χ1v) is 8.12. The quantitative estimate of drug-likeness (QED) is 0.925. The summed E-state index contributed by atoms with van der Waals surface area (Å²) in [6.07, 6.45) is 3.49. The molecular weight excluding hydrogens is 262 g/mol. The average molecular weight is 287 g/mol. The molecule has 2 fully saturated rings. The predicted octanol–water partition coefficient (Wildman–Crippen LogP) is 2.86. The smallest absolute Gasteiger partial charge is 0.226 e. The fraction of sp³-hybridized carbons (Fsp3) is 0.611. The number of carbonyl (C=O) groups excluding carboxylic acids is 1. The number of hydrogen-bond acceptors (Lipinski definition) is 2. The van der Waals surface area contributed by atoms with Crippen LogP contribution in [-0.2, 0) is 4.79 Å². The summed E-state index contributed by atoms with van der Waals surface area (Å²) in [7, 11) is 0. The van der Waals surface area contributed by atoms with Gasteiger partial charge in [-0.3, -0.25) is 4.79 Å². The fourth-order valence-electron chi connectivity index (χ4n) is 3.79. The van der Waals surface area contributed by atoms with Gasteiger partial charge in [-0.15, -0.1) is 0 Å². The third-order valence-electron chi connectivity index (χ3n) is 4.97. The molecule has 1 aliphatic carbocycles. The zero-order valence-electron chi connectivity index (χ0n) is 13.0. The number of aryl methyl sites for hydroxylation is 1. The molecule has 0 spiro atoms. The molecule has 1 saturated heterocycles. The second-order valence-electron chi connectivity index (χ2n) is 6.72. The summed E-state index contributed by atoms with van der Waals surface area (Å²) in [6, 6.07) is 8.65. The van der Waals surface area contributed by atoms with Crippen LogP contribution in [0.25, 0.3) is 0 Å². The molecule has 3 rings (SSSR count). The van der Waals surface area contributed by atoms with E-state index in [0.29, 0.717) is 18.2 Å². The van der Waals surface area contributed by atoms with Crippen molar-refractivity contribution in [3.63, 3.8) is 0 Å². The van der Waals surface area contributed by atoms with Crippen LogP contribution in [0.15, 0.2) is 24.3 Å². The zero-order chi connectivity index (χ0) is 15.0. The number of carbonyl (C=O) groups is 1. The molecule has 1 saturated carbocycles. The van der Waals surface area contributed by atoms with E-state index in [-0.39, 0.29) is 18.1 Å². The largest absolute Gasteiger partial charge is 0.393 e. The lowest BCUT2D eigenvalue weighted by Crippen LogP contribution is -2.38. The van der Waals surface area contributed by atoms with Gasteiger partial charge in [-0.25, -0.2) is 0 Å². The van der Waals surface area contributed by atoms with Gasteiger partial charge in [-0.1, -0.05) is 24.3 Å². The Morgan fingerprint density at radius 1 is 1.43 bits per heavy atom. The number of benzene rings is 1. The van der Waals surface area contributed by atoms with Crippen molar-refractivity contribution in [1.29, 1.82) is 0 Å². The summed E-state index contributed by atoms with van der Waals surface area (Å²) in [5, 5.41) is 9.59. The molecule has 114 valence electrons. The molecule has 3 nitrogen and oxygen atoms in total. The van der Waals surface area contributed by atoms with Crippen LogP contribution in [0.5, 0.6) is 0 Å². The maximum absolute atomic E-state index is 12.7. The van der Waals surface area contributed by atoms with Gasteiger partial charge in [0.1, 0.15) is 0 Å². The first-order chi connectivity index (χ1) is 10.1. The first-order valence-electron chi connectivity index (χ1n) is 8.12. The van der Waals surface area contributed by atoms with Crippen LogP contribution in [-0.4, -0.2) is 34.6 Å². The molecule has 1 aromatic carbocycles. The standard InChI is InChI=1S/C18H25NO2/c1-12-6-3-4-8-15(12)16-11-17(16)18(21)19-9-5-7-14(19)10-13(2)20/h3-4,6,8,13-14,16-17,20H,5,7,9-11H2,1-2H3. The Morgan fingerprint density at radius 2 is 2.19 bits per heavy atom. The lowest BCUT2D eigenvalue weighted by molar-refractivity contribution is -0.133. The maximum atomic E-state index is 12.7. The highest BCUT2D eigenvalue weighted by Gasteiger charge is 2.47. The number of hydrogen-bond donors (Lipinski definition) is 1. The summed E-state index contributed by atoms with van der Waals surface area (Å²) >= 11 is 0. The van der Waals surface area contributed by atoms with E-state index in [4.69, 9.17) is 0 Å². The summed E-state index contributed by atoms with van der Waals surface area (Å²) < 4.78 is 0. The molecule has 1 N–H and O–H groups in total. The number of aliphatic hydroxyl groups is 1. The third kappa shape index (κ3) is 2.98. The topological polar surface area (TPSA) is 40.5 Å². The van der Waals surface area contributed by atoms with Crippen molar-refractivity contribution in [2.75, 3.05) is 6.54 Å². The molecule has 1 aliphatic heterocycles. The van der Waals surface area contributed by atoms with Gasteiger partial charge in [0.2, 0.25) is 5.91 Å². The molecule has 0 aromatic heterocycles. The molecule has 21 heavy (non-hydrogen) atoms. The molecule has 0 bridgehead atoms. The van der Waals surface area contributed by atoms with Crippen molar-refractivity contribution in [3.05, 3.63) is 35.4 Å². The Hall–Kier alpha value is -1.35. The third-order valence-corrected chi connectivity index (χ3v) is 4.97. The molecule has 1 amide bonds. The van der Waals surface area contributed by atoms with E-state index in [0.717, 1.165) is 25.8 Å². The molecule has 4 unspecified atom stereocenters. The van der Waals surface area contributed by atoms with Gasteiger partial charge in [0.05, 0.1) is 6.10 Å². The monoisotopic (exact) mass is 287 g/mol. The fourth-order valence-corrected chi connectivity index (χ4v) is 3.79. The van der Waals surface area contributed by atoms with Gasteiger partial charge < -0.3 is 10.0 Å². The van der Waals surface area contributed by atoms with Crippen molar-refractivity contribution >= 4 is 5.91 Å². The first kappa shape index (κ1) is 14.6. The van der Waals surface area contributed by atoms with Crippen LogP contribution in [0.1, 0.15) is 49.7 Å². The summed E-state index contributed by atoms with van der Waals surface area (Å²) in [6.45, 7) is 4.81. The minimum atomic E-state index is -0.324. The van der Waals surface area contributed by atoms with Crippen molar-refractivity contribution < 1.29 is 9.90 Å². The van der Waals surface area contributed by atoms with E-state index in [1.165, 1.54) is 11.1 Å². The summed E-state index contributed by atoms with van der Waals surface area (Å²) in [4.78, 5) is 14.8. The van der Waals surface area contributed by atoms with Crippen LogP contribution in [0.2, 0.25) is 0 Å². The van der Waals surface area contributed by atoms with Crippen LogP contribution in [0.4, 0.5) is 0 Å². The lowest BCUT2D eigenvalue weighted by atomic mass is 10.0. The number of aliphatic hydroxyl groups excluding tert-OH is 1. The normalized spacial score (nSPS) is 29.5. The van der Waals surface area contributed by atoms with E-state index in [1.54, 1.807) is 0 Å². The minimum Gasteiger partial charge on any atom is -0.393 e. The molecule has 1 heterocycles. The Kier molecular flexibility index (Phi) is 4.03. The SMILES string of the molecule is Cc1ccccc1C1CC1C(=O)N1CCCC1CC(C)O. The van der Waals surface area contributed by atoms with E-state index < -0.39 is 0 Å².